The van der Waals surface area contributed by atoms with Crippen molar-refractivity contribution >= 4 is 33.8 Å². The quantitative estimate of drug-likeness (QED) is 0.739. The second kappa shape index (κ2) is 7.55. The molecule has 1 N–H and O–H groups in total. The van der Waals surface area contributed by atoms with Crippen LogP contribution in [-0.4, -0.2) is 34.5 Å². The van der Waals surface area contributed by atoms with Crippen LogP contribution in [0.2, 0.25) is 0 Å². The van der Waals surface area contributed by atoms with Crippen LogP contribution in [0.25, 0.3) is 0 Å². The Labute approximate surface area is 161 Å². The molecule has 142 valence electrons. The van der Waals surface area contributed by atoms with E-state index in [1.54, 1.807) is 17.6 Å². The van der Waals surface area contributed by atoms with Crippen molar-refractivity contribution in [3.05, 3.63) is 20.9 Å². The van der Waals surface area contributed by atoms with Crippen molar-refractivity contribution in [2.45, 2.75) is 51.4 Å². The van der Waals surface area contributed by atoms with Gasteiger partial charge in [-0.1, -0.05) is 0 Å². The zero-order chi connectivity index (χ0) is 18.3. The fourth-order valence-electron chi connectivity index (χ4n) is 3.93. The van der Waals surface area contributed by atoms with Crippen LogP contribution in [0.1, 0.15) is 57.8 Å². The minimum Gasteiger partial charge on any atom is -0.352 e. The molecule has 6 heteroatoms. The van der Waals surface area contributed by atoms with E-state index in [-0.39, 0.29) is 11.8 Å². The van der Waals surface area contributed by atoms with E-state index in [1.165, 1.54) is 17.7 Å². The predicted octanol–water partition coefficient (Wildman–Crippen LogP) is 2.89. The summed E-state index contributed by atoms with van der Waals surface area (Å²) in [4.78, 5) is 27.6. The number of hydrogen-bond acceptors (Lipinski definition) is 4. The Morgan fingerprint density at radius 1 is 1.15 bits per heavy atom. The molecule has 0 saturated heterocycles. The zero-order valence-corrected chi connectivity index (χ0v) is 17.0. The van der Waals surface area contributed by atoms with Crippen molar-refractivity contribution < 1.29 is 13.8 Å². The van der Waals surface area contributed by atoms with Crippen molar-refractivity contribution in [1.29, 1.82) is 0 Å². The molecule has 4 nitrogen and oxygen atoms in total. The highest BCUT2D eigenvalue weighted by atomic mass is 32.2. The van der Waals surface area contributed by atoms with Gasteiger partial charge in [0.25, 0.3) is 5.91 Å². The molecule has 1 amide bonds. The summed E-state index contributed by atoms with van der Waals surface area (Å²) in [6.45, 7) is 0.752. The highest BCUT2D eigenvalue weighted by molar-refractivity contribution is 7.84. The number of carbonyl (C=O) groups excluding carboxylic acids is 2. The van der Waals surface area contributed by atoms with Crippen LogP contribution in [0, 0.1) is 17.8 Å². The molecule has 2 saturated carbocycles. The third-order valence-electron chi connectivity index (χ3n) is 5.75. The largest absolute Gasteiger partial charge is 0.352 e. The Bertz CT molecular complexity index is 746. The lowest BCUT2D eigenvalue weighted by atomic mass is 9.86. The van der Waals surface area contributed by atoms with Gasteiger partial charge in [0, 0.05) is 51.4 Å². The van der Waals surface area contributed by atoms with E-state index in [0.717, 1.165) is 54.7 Å². The first kappa shape index (κ1) is 18.4. The molecule has 1 aromatic rings. The van der Waals surface area contributed by atoms with Gasteiger partial charge < -0.3 is 5.32 Å². The van der Waals surface area contributed by atoms with Crippen molar-refractivity contribution in [3.63, 3.8) is 0 Å². The van der Waals surface area contributed by atoms with Gasteiger partial charge in [0.15, 0.2) is 0 Å². The van der Waals surface area contributed by atoms with Crippen molar-refractivity contribution in [2.75, 3.05) is 18.6 Å². The summed E-state index contributed by atoms with van der Waals surface area (Å²) in [6, 6.07) is 0. The predicted molar refractivity (Wildman–Crippen MR) is 105 cm³/mol. The lowest BCUT2D eigenvalue weighted by Crippen LogP contribution is -2.28. The first-order chi connectivity index (χ1) is 12.5. The number of hydrogen-bond donors (Lipinski definition) is 1. The summed E-state index contributed by atoms with van der Waals surface area (Å²) in [5, 5.41) is 3.11. The summed E-state index contributed by atoms with van der Waals surface area (Å²) in [7, 11) is -0.810. The third kappa shape index (κ3) is 4.28. The maximum Gasteiger partial charge on any atom is 0.252 e. The monoisotopic (exact) mass is 393 g/mol. The minimum absolute atomic E-state index is 0.00580. The molecule has 0 bridgehead atoms. The summed E-state index contributed by atoms with van der Waals surface area (Å²) >= 11 is 1.68. The highest BCUT2D eigenvalue weighted by Gasteiger charge is 2.34. The summed E-state index contributed by atoms with van der Waals surface area (Å²) in [5.74, 6) is 2.25. The van der Waals surface area contributed by atoms with Gasteiger partial charge in [-0.2, -0.15) is 0 Å². The smallest absolute Gasteiger partial charge is 0.252 e. The van der Waals surface area contributed by atoms with E-state index in [9.17, 15) is 13.8 Å². The molecule has 2 unspecified atom stereocenters. The van der Waals surface area contributed by atoms with Gasteiger partial charge in [-0.25, -0.2) is 0 Å². The molecule has 4 rings (SSSR count). The molecular formula is C20H27NO3S2. The Morgan fingerprint density at radius 3 is 2.58 bits per heavy atom. The standard InChI is InChI=1S/C20H27NO3S2/c1-26(24)11-13-4-7-17-15(8-13)19(20(23)21-10-12-2-3-12)18(25-17)9-16(22)14-5-6-14/h12-14H,2-11H2,1H3,(H,21,23). The summed E-state index contributed by atoms with van der Waals surface area (Å²) in [6.07, 6.45) is 9.42. The van der Waals surface area contributed by atoms with Gasteiger partial charge >= 0.3 is 0 Å². The molecule has 1 heterocycles. The minimum atomic E-state index is -0.810. The molecule has 3 aliphatic rings. The van der Waals surface area contributed by atoms with Crippen molar-refractivity contribution in [2.24, 2.45) is 17.8 Å². The molecule has 0 aromatic carbocycles. The van der Waals surface area contributed by atoms with E-state index in [0.29, 0.717) is 29.8 Å². The first-order valence-electron chi connectivity index (χ1n) is 9.75. The van der Waals surface area contributed by atoms with E-state index < -0.39 is 10.8 Å². The molecule has 0 aliphatic heterocycles. The first-order valence-corrected chi connectivity index (χ1v) is 12.3. The van der Waals surface area contributed by atoms with Crippen LogP contribution in [0.15, 0.2) is 0 Å². The number of nitrogens with one attached hydrogen (secondary N) is 1. The number of Topliss-reactive ketones (excluding diaryl/α,β-unsaturated/α-hetero) is 1. The van der Waals surface area contributed by atoms with E-state index in [1.807, 2.05) is 0 Å². The topological polar surface area (TPSA) is 63.2 Å². The molecule has 3 aliphatic carbocycles. The Balaban J connectivity index is 1.58. The lowest BCUT2D eigenvalue weighted by Gasteiger charge is -2.22. The number of thiophene rings is 1. The molecule has 2 fully saturated rings. The van der Waals surface area contributed by atoms with Gasteiger partial charge in [-0.15, -0.1) is 11.3 Å². The van der Waals surface area contributed by atoms with Crippen LogP contribution in [0.3, 0.4) is 0 Å². The molecule has 26 heavy (non-hydrogen) atoms. The fraction of sp³-hybridized carbons (Fsp3) is 0.700. The van der Waals surface area contributed by atoms with Gasteiger partial charge in [0.1, 0.15) is 5.78 Å². The SMILES string of the molecule is CS(=O)CC1CCc2sc(CC(=O)C3CC3)c(C(=O)NCC3CC3)c2C1. The van der Waals surface area contributed by atoms with Gasteiger partial charge in [-0.3, -0.25) is 13.8 Å². The Morgan fingerprint density at radius 2 is 1.92 bits per heavy atom. The average Bonchev–Trinajstić information content (AvgIpc) is 3.49. The second-order valence-corrected chi connectivity index (χ2v) is 10.9. The fourth-order valence-corrected chi connectivity index (χ4v) is 6.24. The number of rotatable bonds is 8. The summed E-state index contributed by atoms with van der Waals surface area (Å²) in [5.41, 5.74) is 1.93. The van der Waals surface area contributed by atoms with Crippen molar-refractivity contribution in [1.82, 2.24) is 5.32 Å². The zero-order valence-electron chi connectivity index (χ0n) is 15.3. The molecule has 0 radical (unpaired) electrons. The van der Waals surface area contributed by atoms with Crippen LogP contribution >= 0.6 is 11.3 Å². The second-order valence-electron chi connectivity index (χ2n) is 8.22. The maximum absolute atomic E-state index is 13.0. The van der Waals surface area contributed by atoms with Crippen molar-refractivity contribution in [3.8, 4) is 0 Å². The molecule has 0 spiro atoms. The Hall–Kier alpha value is -1.01. The van der Waals surface area contributed by atoms with Crippen LogP contribution in [0.4, 0.5) is 0 Å². The molecular weight excluding hydrogens is 366 g/mol. The van der Waals surface area contributed by atoms with E-state index >= 15 is 0 Å². The van der Waals surface area contributed by atoms with Gasteiger partial charge in [0.2, 0.25) is 0 Å². The van der Waals surface area contributed by atoms with Crippen LogP contribution in [0.5, 0.6) is 0 Å². The summed E-state index contributed by atoms with van der Waals surface area (Å²) < 4.78 is 11.6. The number of aryl methyl sites for hydroxylation is 1. The van der Waals surface area contributed by atoms with Crippen LogP contribution < -0.4 is 5.32 Å². The Kier molecular flexibility index (Phi) is 5.33. The lowest BCUT2D eigenvalue weighted by molar-refractivity contribution is -0.119. The third-order valence-corrected chi connectivity index (χ3v) is 7.98. The molecule has 2 atom stereocenters. The number of amides is 1. The van der Waals surface area contributed by atoms with Gasteiger partial charge in [0.05, 0.1) is 5.56 Å². The molecule has 1 aromatic heterocycles. The number of fused-ring (bicyclic) bond motifs is 1. The maximum atomic E-state index is 13.0. The number of carbonyl (C=O) groups is 2. The van der Waals surface area contributed by atoms with Gasteiger partial charge in [-0.05, 0) is 62.3 Å². The normalized spacial score (nSPS) is 23.3. The number of ketones is 1. The average molecular weight is 394 g/mol. The van der Waals surface area contributed by atoms with Crippen LogP contribution in [-0.2, 0) is 34.9 Å². The van der Waals surface area contributed by atoms with E-state index in [4.69, 9.17) is 0 Å². The van der Waals surface area contributed by atoms with E-state index in [2.05, 4.69) is 5.32 Å². The highest BCUT2D eigenvalue weighted by Crippen LogP contribution is 2.39.